The Morgan fingerprint density at radius 1 is 1.05 bits per heavy atom. The summed E-state index contributed by atoms with van der Waals surface area (Å²) >= 11 is 0. The third kappa shape index (κ3) is 7.45. The zero-order chi connectivity index (χ0) is 26.8. The molecule has 9 nitrogen and oxygen atoms in total. The first kappa shape index (κ1) is 28.0. The Hall–Kier alpha value is -3.59. The van der Waals surface area contributed by atoms with Gasteiger partial charge in [-0.25, -0.2) is 0 Å². The molecule has 37 heavy (non-hydrogen) atoms. The minimum Gasteiger partial charge on any atom is -0.495 e. The van der Waals surface area contributed by atoms with Crippen molar-refractivity contribution in [1.29, 1.82) is 0 Å². The number of hydrogen-bond donors (Lipinski definition) is 1. The van der Waals surface area contributed by atoms with Crippen LogP contribution >= 0.6 is 0 Å². The average molecular weight is 511 g/mol. The first-order valence-electron chi connectivity index (χ1n) is 12.7. The number of anilines is 2. The smallest absolute Gasteiger partial charge is 0.260 e. The fourth-order valence-corrected chi connectivity index (χ4v) is 4.34. The lowest BCUT2D eigenvalue weighted by Gasteiger charge is -2.32. The van der Waals surface area contributed by atoms with Crippen molar-refractivity contribution in [2.75, 3.05) is 64.2 Å². The Bertz CT molecular complexity index is 1080. The predicted molar refractivity (Wildman–Crippen MR) is 145 cm³/mol. The molecule has 0 saturated carbocycles. The number of nitrogens with zero attached hydrogens (tertiary/aromatic N) is 3. The van der Waals surface area contributed by atoms with Gasteiger partial charge in [-0.05, 0) is 63.1 Å². The molecule has 0 radical (unpaired) electrons. The number of rotatable bonds is 12. The van der Waals surface area contributed by atoms with Crippen molar-refractivity contribution in [3.8, 4) is 11.5 Å². The summed E-state index contributed by atoms with van der Waals surface area (Å²) in [6, 6.07) is 10.7. The summed E-state index contributed by atoms with van der Waals surface area (Å²) in [5.74, 6) is 0.936. The SMILES string of the molecule is COc1cccc(C(=O)N(C)c2ccc(C)cc2OCCCCCC(=O)N2CCN(C)CC2)c1NC=O. The number of likely N-dealkylation sites (N-methyl/N-ethyl adjacent to an activating group) is 1. The first-order valence-corrected chi connectivity index (χ1v) is 12.7. The molecule has 1 aliphatic heterocycles. The second-order valence-corrected chi connectivity index (χ2v) is 9.32. The summed E-state index contributed by atoms with van der Waals surface area (Å²) in [5.41, 5.74) is 2.27. The van der Waals surface area contributed by atoms with E-state index in [0.29, 0.717) is 47.9 Å². The van der Waals surface area contributed by atoms with Gasteiger partial charge in [0.25, 0.3) is 5.91 Å². The van der Waals surface area contributed by atoms with E-state index in [-0.39, 0.29) is 11.8 Å². The van der Waals surface area contributed by atoms with Gasteiger partial charge in [-0.3, -0.25) is 14.4 Å². The molecule has 1 N–H and O–H groups in total. The maximum atomic E-state index is 13.4. The van der Waals surface area contributed by atoms with E-state index in [0.717, 1.165) is 51.0 Å². The molecule has 2 aromatic carbocycles. The number of aryl methyl sites for hydroxylation is 1. The summed E-state index contributed by atoms with van der Waals surface area (Å²) in [5, 5.41) is 2.58. The van der Waals surface area contributed by atoms with E-state index in [2.05, 4.69) is 17.3 Å². The molecule has 3 rings (SSSR count). The molecule has 200 valence electrons. The van der Waals surface area contributed by atoms with Gasteiger partial charge in [0.1, 0.15) is 11.5 Å². The van der Waals surface area contributed by atoms with Crippen LogP contribution in [0.2, 0.25) is 0 Å². The highest BCUT2D eigenvalue weighted by atomic mass is 16.5. The van der Waals surface area contributed by atoms with Crippen LogP contribution in [0.25, 0.3) is 0 Å². The summed E-state index contributed by atoms with van der Waals surface area (Å²) < 4.78 is 11.4. The molecule has 0 bridgehead atoms. The van der Waals surface area contributed by atoms with Gasteiger partial charge in [-0.15, -0.1) is 0 Å². The van der Waals surface area contributed by atoms with E-state index in [1.54, 1.807) is 25.2 Å². The van der Waals surface area contributed by atoms with Crippen LogP contribution in [0.1, 0.15) is 41.6 Å². The molecule has 1 aliphatic rings. The zero-order valence-electron chi connectivity index (χ0n) is 22.3. The number of carbonyl (C=O) groups excluding carboxylic acids is 3. The monoisotopic (exact) mass is 510 g/mol. The molecule has 0 spiro atoms. The van der Waals surface area contributed by atoms with Crippen molar-refractivity contribution >= 4 is 29.6 Å². The third-order valence-electron chi connectivity index (χ3n) is 6.61. The fraction of sp³-hybridized carbons (Fsp3) is 0.464. The Morgan fingerprint density at radius 2 is 1.81 bits per heavy atom. The molecule has 2 aromatic rings. The molecule has 1 saturated heterocycles. The summed E-state index contributed by atoms with van der Waals surface area (Å²) in [6.07, 6.45) is 3.61. The van der Waals surface area contributed by atoms with E-state index < -0.39 is 0 Å². The highest BCUT2D eigenvalue weighted by Gasteiger charge is 2.22. The number of unbranched alkanes of at least 4 members (excludes halogenated alkanes) is 2. The molecule has 1 fully saturated rings. The van der Waals surface area contributed by atoms with Crippen LogP contribution < -0.4 is 19.7 Å². The fourth-order valence-electron chi connectivity index (χ4n) is 4.34. The van der Waals surface area contributed by atoms with E-state index in [4.69, 9.17) is 9.47 Å². The van der Waals surface area contributed by atoms with Crippen LogP contribution in [0.4, 0.5) is 11.4 Å². The molecule has 0 aromatic heterocycles. The van der Waals surface area contributed by atoms with Crippen LogP contribution in [0, 0.1) is 6.92 Å². The summed E-state index contributed by atoms with van der Waals surface area (Å²) in [4.78, 5) is 42.6. The molecular weight excluding hydrogens is 472 g/mol. The highest BCUT2D eigenvalue weighted by molar-refractivity contribution is 6.11. The third-order valence-corrected chi connectivity index (χ3v) is 6.61. The van der Waals surface area contributed by atoms with Crippen molar-refractivity contribution in [3.63, 3.8) is 0 Å². The van der Waals surface area contributed by atoms with Crippen molar-refractivity contribution in [1.82, 2.24) is 9.80 Å². The lowest BCUT2D eigenvalue weighted by Crippen LogP contribution is -2.47. The topological polar surface area (TPSA) is 91.4 Å². The van der Waals surface area contributed by atoms with Gasteiger partial charge in [0.15, 0.2) is 0 Å². The second-order valence-electron chi connectivity index (χ2n) is 9.32. The Balaban J connectivity index is 1.57. The number of amides is 3. The van der Waals surface area contributed by atoms with Gasteiger partial charge >= 0.3 is 0 Å². The number of benzene rings is 2. The first-order chi connectivity index (χ1) is 17.8. The maximum absolute atomic E-state index is 13.4. The van der Waals surface area contributed by atoms with Crippen LogP contribution in [0.5, 0.6) is 11.5 Å². The van der Waals surface area contributed by atoms with Gasteiger partial charge in [-0.1, -0.05) is 12.1 Å². The van der Waals surface area contributed by atoms with E-state index >= 15 is 0 Å². The Kier molecular flexibility index (Phi) is 10.3. The molecule has 0 unspecified atom stereocenters. The minimum absolute atomic E-state index is 0.233. The average Bonchev–Trinajstić information content (AvgIpc) is 2.90. The number of carbonyl (C=O) groups is 3. The number of piperazine rings is 1. The summed E-state index contributed by atoms with van der Waals surface area (Å²) in [7, 11) is 5.24. The number of ether oxygens (including phenoxy) is 2. The van der Waals surface area contributed by atoms with Crippen LogP contribution in [0.3, 0.4) is 0 Å². The standard InChI is InChI=1S/C28H38N4O5/c1-21-12-13-23(31(3)28(35)22-9-8-10-24(36-4)27(22)29-20-33)25(19-21)37-18-7-5-6-11-26(34)32-16-14-30(2)15-17-32/h8-10,12-13,19-20H,5-7,11,14-18H2,1-4H3,(H,29,33). The molecular formula is C28H38N4O5. The Morgan fingerprint density at radius 3 is 2.51 bits per heavy atom. The Labute approximate surface area is 219 Å². The van der Waals surface area contributed by atoms with Gasteiger partial charge in [-0.2, -0.15) is 0 Å². The van der Waals surface area contributed by atoms with Crippen LogP contribution in [0.15, 0.2) is 36.4 Å². The zero-order valence-corrected chi connectivity index (χ0v) is 22.3. The van der Waals surface area contributed by atoms with Gasteiger partial charge in [0.05, 0.1) is 30.7 Å². The lowest BCUT2D eigenvalue weighted by atomic mass is 10.1. The number of methoxy groups -OCH3 is 1. The van der Waals surface area contributed by atoms with E-state index in [9.17, 15) is 14.4 Å². The van der Waals surface area contributed by atoms with Crippen molar-refractivity contribution in [3.05, 3.63) is 47.5 Å². The quantitative estimate of drug-likeness (QED) is 0.347. The van der Waals surface area contributed by atoms with Crippen molar-refractivity contribution in [2.24, 2.45) is 0 Å². The number of hydrogen-bond acceptors (Lipinski definition) is 6. The maximum Gasteiger partial charge on any atom is 0.260 e. The number of nitrogens with one attached hydrogen (secondary N) is 1. The van der Waals surface area contributed by atoms with Gasteiger partial charge in [0.2, 0.25) is 12.3 Å². The summed E-state index contributed by atoms with van der Waals surface area (Å²) in [6.45, 7) is 5.94. The van der Waals surface area contributed by atoms with E-state index in [1.807, 2.05) is 30.0 Å². The van der Waals surface area contributed by atoms with Crippen LogP contribution in [-0.4, -0.2) is 82.0 Å². The second kappa shape index (κ2) is 13.6. The molecule has 9 heteroatoms. The minimum atomic E-state index is -0.306. The molecule has 1 heterocycles. The normalized spacial score (nSPS) is 13.7. The molecule has 0 atom stereocenters. The lowest BCUT2D eigenvalue weighted by molar-refractivity contribution is -0.132. The van der Waals surface area contributed by atoms with Gasteiger partial charge < -0.3 is 29.5 Å². The van der Waals surface area contributed by atoms with E-state index in [1.165, 1.54) is 12.0 Å². The van der Waals surface area contributed by atoms with Gasteiger partial charge in [0, 0.05) is 39.6 Å². The predicted octanol–water partition coefficient (Wildman–Crippen LogP) is 3.56. The van der Waals surface area contributed by atoms with Crippen molar-refractivity contribution < 1.29 is 23.9 Å². The molecule has 0 aliphatic carbocycles. The largest absolute Gasteiger partial charge is 0.495 e. The molecule has 3 amide bonds. The van der Waals surface area contributed by atoms with Crippen molar-refractivity contribution in [2.45, 2.75) is 32.6 Å². The highest BCUT2D eigenvalue weighted by Crippen LogP contribution is 2.33. The number of para-hydroxylation sites is 1. The van der Waals surface area contributed by atoms with Crippen LogP contribution in [-0.2, 0) is 9.59 Å².